The molecule has 0 aromatic rings. The second kappa shape index (κ2) is 14.6. The van der Waals surface area contributed by atoms with E-state index in [1.54, 1.807) is 7.11 Å². The van der Waals surface area contributed by atoms with Crippen LogP contribution in [0.5, 0.6) is 0 Å². The average Bonchev–Trinajstić information content (AvgIpc) is 2.90. The highest BCUT2D eigenvalue weighted by molar-refractivity contribution is 6.07. The summed E-state index contributed by atoms with van der Waals surface area (Å²) in [7, 11) is 5.79. The number of hydrogen-bond donors (Lipinski definition) is 1. The van der Waals surface area contributed by atoms with Gasteiger partial charge in [0.1, 0.15) is 11.9 Å². The topological polar surface area (TPSA) is 55.7 Å². The van der Waals surface area contributed by atoms with E-state index in [1.165, 1.54) is 32.1 Å². The standard InChI is InChI=1S/C29H48N6O/c1-7-26-27(22-24(23(3)36-6)14-10-13-17-33(4)5)31-29(35-18-11-9-12-19-35)32-28(26)30-25-15-20-34(8-2)21-16-25/h22,25-26,28,30H,3,7-9,11-13,15-21H2,1-2,4-6H3/b24-22-. The molecule has 3 aliphatic heterocycles. The van der Waals surface area contributed by atoms with Gasteiger partial charge >= 0.3 is 0 Å². The Labute approximate surface area is 219 Å². The number of hydrogen-bond acceptors (Lipinski definition) is 7. The van der Waals surface area contributed by atoms with Gasteiger partial charge in [-0.1, -0.05) is 32.3 Å². The van der Waals surface area contributed by atoms with Gasteiger partial charge in [-0.2, -0.15) is 0 Å². The van der Waals surface area contributed by atoms with Crippen molar-refractivity contribution in [2.45, 2.75) is 71.0 Å². The maximum Gasteiger partial charge on any atom is 0.222 e. The van der Waals surface area contributed by atoms with Crippen molar-refractivity contribution in [2.75, 3.05) is 60.5 Å². The summed E-state index contributed by atoms with van der Waals surface area (Å²) >= 11 is 0. The minimum Gasteiger partial charge on any atom is -0.496 e. The van der Waals surface area contributed by atoms with E-state index in [1.807, 2.05) is 0 Å². The van der Waals surface area contributed by atoms with Crippen LogP contribution in [0, 0.1) is 17.8 Å². The van der Waals surface area contributed by atoms with Crippen LogP contribution in [-0.2, 0) is 4.74 Å². The second-order valence-electron chi connectivity index (χ2n) is 10.4. The Morgan fingerprint density at radius 1 is 1.17 bits per heavy atom. The van der Waals surface area contributed by atoms with Gasteiger partial charge in [-0.3, -0.25) is 5.32 Å². The number of nitrogens with one attached hydrogen (secondary N) is 1. The molecule has 0 bridgehead atoms. The number of guanidine groups is 1. The summed E-state index contributed by atoms with van der Waals surface area (Å²) < 4.78 is 5.52. The van der Waals surface area contributed by atoms with E-state index in [-0.39, 0.29) is 12.1 Å². The van der Waals surface area contributed by atoms with Gasteiger partial charge in [-0.15, -0.1) is 0 Å². The first kappa shape index (κ1) is 28.4. The molecule has 2 fully saturated rings. The van der Waals surface area contributed by atoms with Crippen LogP contribution in [0.2, 0.25) is 0 Å². The molecule has 2 unspecified atom stereocenters. The Balaban J connectivity index is 1.89. The lowest BCUT2D eigenvalue weighted by molar-refractivity contribution is 0.193. The third-order valence-corrected chi connectivity index (χ3v) is 7.51. The predicted octanol–water partition coefficient (Wildman–Crippen LogP) is 3.75. The van der Waals surface area contributed by atoms with Crippen molar-refractivity contribution in [2.24, 2.45) is 15.9 Å². The zero-order chi connectivity index (χ0) is 25.9. The number of likely N-dealkylation sites (tertiary alicyclic amines) is 2. The Morgan fingerprint density at radius 2 is 1.89 bits per heavy atom. The highest BCUT2D eigenvalue weighted by Crippen LogP contribution is 2.25. The smallest absolute Gasteiger partial charge is 0.222 e. The highest BCUT2D eigenvalue weighted by Gasteiger charge is 2.33. The van der Waals surface area contributed by atoms with Crippen molar-refractivity contribution in [3.63, 3.8) is 0 Å². The van der Waals surface area contributed by atoms with Gasteiger partial charge in [0, 0.05) is 38.0 Å². The van der Waals surface area contributed by atoms with E-state index >= 15 is 0 Å². The lowest BCUT2D eigenvalue weighted by Crippen LogP contribution is -2.51. The minimum absolute atomic E-state index is 0.0209. The Morgan fingerprint density at radius 3 is 2.50 bits per heavy atom. The van der Waals surface area contributed by atoms with E-state index < -0.39 is 0 Å². The Hall–Kier alpha value is -2.14. The second-order valence-corrected chi connectivity index (χ2v) is 10.4. The third-order valence-electron chi connectivity index (χ3n) is 7.51. The fourth-order valence-electron chi connectivity index (χ4n) is 5.11. The maximum absolute atomic E-state index is 5.52. The van der Waals surface area contributed by atoms with Gasteiger partial charge in [-0.05, 0) is 78.3 Å². The highest BCUT2D eigenvalue weighted by atomic mass is 16.5. The molecule has 3 heterocycles. The molecule has 7 heteroatoms. The number of aliphatic imine (C=N–C) groups is 2. The zero-order valence-corrected chi connectivity index (χ0v) is 23.4. The molecular formula is C29H48N6O. The van der Waals surface area contributed by atoms with Gasteiger partial charge in [0.15, 0.2) is 0 Å². The molecule has 7 nitrogen and oxygen atoms in total. The van der Waals surface area contributed by atoms with E-state index in [0.717, 1.165) is 69.4 Å². The first-order valence-corrected chi connectivity index (χ1v) is 13.9. The number of allylic oxidation sites excluding steroid dienone is 2. The molecule has 36 heavy (non-hydrogen) atoms. The minimum atomic E-state index is 0.0209. The fraction of sp³-hybridized carbons (Fsp3) is 0.724. The lowest BCUT2D eigenvalue weighted by Gasteiger charge is -2.38. The van der Waals surface area contributed by atoms with Crippen molar-refractivity contribution >= 4 is 11.7 Å². The lowest BCUT2D eigenvalue weighted by atomic mass is 9.92. The molecular weight excluding hydrogens is 448 g/mol. The quantitative estimate of drug-likeness (QED) is 0.299. The van der Waals surface area contributed by atoms with Crippen LogP contribution < -0.4 is 5.32 Å². The van der Waals surface area contributed by atoms with Crippen LogP contribution >= 0.6 is 0 Å². The maximum atomic E-state index is 5.52. The summed E-state index contributed by atoms with van der Waals surface area (Å²) in [4.78, 5) is 17.4. The van der Waals surface area contributed by atoms with Gasteiger partial charge in [0.2, 0.25) is 5.96 Å². The monoisotopic (exact) mass is 496 g/mol. The largest absolute Gasteiger partial charge is 0.496 e. The summed E-state index contributed by atoms with van der Waals surface area (Å²) in [6.07, 6.45) is 9.91. The van der Waals surface area contributed by atoms with Crippen molar-refractivity contribution in [3.8, 4) is 11.8 Å². The van der Waals surface area contributed by atoms with Crippen molar-refractivity contribution in [3.05, 3.63) is 24.0 Å². The first-order chi connectivity index (χ1) is 17.4. The number of nitrogens with zero attached hydrogens (tertiary/aromatic N) is 5. The molecule has 1 N–H and O–H groups in total. The Kier molecular flexibility index (Phi) is 11.5. The molecule has 0 spiro atoms. The molecule has 2 saturated heterocycles. The molecule has 0 saturated carbocycles. The van der Waals surface area contributed by atoms with Crippen LogP contribution in [0.25, 0.3) is 0 Å². The molecule has 0 amide bonds. The fourth-order valence-corrected chi connectivity index (χ4v) is 5.11. The molecule has 3 rings (SSSR count). The SMILES string of the molecule is C=C(OC)/C(C#CCCN(C)C)=C\C1=NC(N2CCCCC2)=NC(NC2CCN(CC)CC2)C1CC. The number of rotatable bonds is 9. The molecule has 200 valence electrons. The van der Waals surface area contributed by atoms with Gasteiger partial charge in [0.25, 0.3) is 0 Å². The summed E-state index contributed by atoms with van der Waals surface area (Å²) in [5.41, 5.74) is 1.84. The van der Waals surface area contributed by atoms with Crippen LogP contribution in [-0.4, -0.2) is 99.1 Å². The van der Waals surface area contributed by atoms with E-state index in [9.17, 15) is 0 Å². The van der Waals surface area contributed by atoms with Crippen LogP contribution in [0.4, 0.5) is 0 Å². The third kappa shape index (κ3) is 8.19. The average molecular weight is 497 g/mol. The van der Waals surface area contributed by atoms with Crippen LogP contribution in [0.1, 0.15) is 58.8 Å². The van der Waals surface area contributed by atoms with Crippen molar-refractivity contribution in [1.29, 1.82) is 0 Å². The molecule has 2 atom stereocenters. The normalized spacial score (nSPS) is 24.2. The van der Waals surface area contributed by atoms with Gasteiger partial charge in [-0.25, -0.2) is 9.98 Å². The van der Waals surface area contributed by atoms with E-state index in [0.29, 0.717) is 11.8 Å². The van der Waals surface area contributed by atoms with Crippen molar-refractivity contribution in [1.82, 2.24) is 20.0 Å². The number of piperidine rings is 2. The first-order valence-electron chi connectivity index (χ1n) is 13.9. The summed E-state index contributed by atoms with van der Waals surface area (Å²) in [6.45, 7) is 15.0. The van der Waals surface area contributed by atoms with E-state index in [2.05, 4.69) is 72.5 Å². The molecule has 0 aromatic heterocycles. The molecule has 0 radical (unpaired) electrons. The number of methoxy groups -OCH3 is 1. The number of ether oxygens (including phenoxy) is 1. The summed E-state index contributed by atoms with van der Waals surface area (Å²) in [6, 6.07) is 0.487. The molecule has 3 aliphatic rings. The summed E-state index contributed by atoms with van der Waals surface area (Å²) in [5.74, 6) is 8.26. The van der Waals surface area contributed by atoms with E-state index in [4.69, 9.17) is 14.7 Å². The molecule has 0 aromatic carbocycles. The van der Waals surface area contributed by atoms with Gasteiger partial charge < -0.3 is 19.4 Å². The predicted molar refractivity (Wildman–Crippen MR) is 151 cm³/mol. The molecule has 0 aliphatic carbocycles. The summed E-state index contributed by atoms with van der Waals surface area (Å²) in [5, 5.41) is 3.94. The zero-order valence-electron chi connectivity index (χ0n) is 23.4. The van der Waals surface area contributed by atoms with Crippen LogP contribution in [0.15, 0.2) is 34.0 Å². The van der Waals surface area contributed by atoms with Crippen LogP contribution in [0.3, 0.4) is 0 Å². The van der Waals surface area contributed by atoms with Gasteiger partial charge in [0.05, 0.1) is 18.4 Å². The van der Waals surface area contributed by atoms with Crippen molar-refractivity contribution < 1.29 is 4.74 Å². The Bertz CT molecular complexity index is 866.